The maximum absolute atomic E-state index is 13.9. The van der Waals surface area contributed by atoms with Crippen LogP contribution in [0.3, 0.4) is 0 Å². The lowest BCUT2D eigenvalue weighted by Gasteiger charge is -2.24. The van der Waals surface area contributed by atoms with Crippen molar-refractivity contribution in [3.05, 3.63) is 85.9 Å². The summed E-state index contributed by atoms with van der Waals surface area (Å²) in [6.07, 6.45) is 5.33. The summed E-state index contributed by atoms with van der Waals surface area (Å²) in [5, 5.41) is 0. The third-order valence-corrected chi connectivity index (χ3v) is 5.58. The van der Waals surface area contributed by atoms with E-state index in [1.807, 2.05) is 20.8 Å². The lowest BCUT2D eigenvalue weighted by molar-refractivity contribution is 0.396. The average Bonchev–Trinajstić information content (AvgIpc) is 2.74. The molecule has 10 heteroatoms. The molecule has 8 nitrogen and oxygen atoms in total. The average molecular weight is 488 g/mol. The van der Waals surface area contributed by atoms with E-state index < -0.39 is 32.5 Å². The van der Waals surface area contributed by atoms with Crippen molar-refractivity contribution in [2.24, 2.45) is 0 Å². The van der Waals surface area contributed by atoms with E-state index in [2.05, 4.69) is 9.71 Å². The lowest BCUT2D eigenvalue weighted by Crippen LogP contribution is -2.35. The molecule has 2 aromatic carbocycles. The predicted molar refractivity (Wildman–Crippen MR) is 132 cm³/mol. The van der Waals surface area contributed by atoms with Crippen LogP contribution in [0.2, 0.25) is 0 Å². The Labute approximate surface area is 196 Å². The number of hydrogen-bond acceptors (Lipinski definition) is 5. The first-order valence-electron chi connectivity index (χ1n) is 10.3. The number of rotatable bonds is 6. The summed E-state index contributed by atoms with van der Waals surface area (Å²) in [5.41, 5.74) is 0.437. The molecule has 0 atom stereocenters. The topological polar surface area (TPSA) is 110 Å². The summed E-state index contributed by atoms with van der Waals surface area (Å²) >= 11 is 0. The van der Waals surface area contributed by atoms with Crippen LogP contribution in [0.5, 0.6) is 5.75 Å². The number of sulfonamides is 1. The molecule has 0 aliphatic carbocycles. The van der Waals surface area contributed by atoms with Gasteiger partial charge < -0.3 is 9.72 Å². The van der Waals surface area contributed by atoms with Gasteiger partial charge in [-0.25, -0.2) is 17.8 Å². The molecular formula is C24H26FN3O5S. The van der Waals surface area contributed by atoms with Crippen LogP contribution in [0.25, 0.3) is 17.8 Å². The van der Waals surface area contributed by atoms with E-state index >= 15 is 0 Å². The second-order valence-electron chi connectivity index (χ2n) is 8.78. The van der Waals surface area contributed by atoms with Crippen LogP contribution in [0.1, 0.15) is 37.5 Å². The molecule has 0 saturated carbocycles. The third kappa shape index (κ3) is 5.63. The Morgan fingerprint density at radius 3 is 2.29 bits per heavy atom. The van der Waals surface area contributed by atoms with E-state index in [0.29, 0.717) is 17.0 Å². The maximum Gasteiger partial charge on any atom is 0.333 e. The van der Waals surface area contributed by atoms with E-state index in [9.17, 15) is 22.4 Å². The van der Waals surface area contributed by atoms with Gasteiger partial charge >= 0.3 is 5.69 Å². The molecule has 0 fully saturated rings. The highest BCUT2D eigenvalue weighted by Gasteiger charge is 2.23. The molecule has 0 spiro atoms. The van der Waals surface area contributed by atoms with Crippen molar-refractivity contribution in [1.29, 1.82) is 0 Å². The molecule has 0 amide bonds. The summed E-state index contributed by atoms with van der Waals surface area (Å²) in [4.78, 5) is 27.0. The number of H-pyrrole nitrogens is 1. The Bertz CT molecular complexity index is 1460. The number of nitrogens with one attached hydrogen (secondary N) is 2. The quantitative estimate of drug-likeness (QED) is 0.517. The third-order valence-electron chi connectivity index (χ3n) is 4.97. The first-order chi connectivity index (χ1) is 15.8. The molecule has 0 aliphatic heterocycles. The number of ether oxygens (including phenoxy) is 1. The fraction of sp³-hybridized carbons (Fsp3) is 0.250. The molecule has 3 rings (SSSR count). The van der Waals surface area contributed by atoms with E-state index in [0.717, 1.165) is 28.1 Å². The van der Waals surface area contributed by atoms with Gasteiger partial charge in [0.2, 0.25) is 15.8 Å². The first-order valence-corrected chi connectivity index (χ1v) is 12.2. The molecular weight excluding hydrogens is 461 g/mol. The summed E-state index contributed by atoms with van der Waals surface area (Å²) in [7, 11) is -1.86. The van der Waals surface area contributed by atoms with E-state index in [1.165, 1.54) is 7.11 Å². The van der Waals surface area contributed by atoms with E-state index in [1.54, 1.807) is 48.6 Å². The molecule has 180 valence electrons. The van der Waals surface area contributed by atoms with Gasteiger partial charge in [-0.05, 0) is 35.2 Å². The molecule has 0 unspecified atom stereocenters. The van der Waals surface area contributed by atoms with Gasteiger partial charge in [-0.15, -0.1) is 0 Å². The summed E-state index contributed by atoms with van der Waals surface area (Å²) < 4.78 is 45.5. The molecule has 0 bridgehead atoms. The van der Waals surface area contributed by atoms with Gasteiger partial charge in [0.25, 0.3) is 5.56 Å². The molecule has 0 saturated heterocycles. The lowest BCUT2D eigenvalue weighted by atomic mass is 9.84. The number of benzene rings is 2. The summed E-state index contributed by atoms with van der Waals surface area (Å²) in [6.45, 7) is 5.86. The zero-order valence-electron chi connectivity index (χ0n) is 19.5. The largest absolute Gasteiger partial charge is 0.496 e. The van der Waals surface area contributed by atoms with Crippen molar-refractivity contribution in [2.75, 3.05) is 18.1 Å². The fourth-order valence-electron chi connectivity index (χ4n) is 3.42. The van der Waals surface area contributed by atoms with Gasteiger partial charge in [0.05, 0.1) is 19.1 Å². The normalized spacial score (nSPS) is 12.2. The SMILES string of the molecule is COc1c(/C=C/c2ccc(NS(C)(=O)=O)cc2)cc(-n2c(=O)[nH]cc(F)c2=O)cc1C(C)(C)C. The Hall–Kier alpha value is -3.66. The van der Waals surface area contributed by atoms with Gasteiger partial charge in [-0.3, -0.25) is 9.52 Å². The zero-order chi connectivity index (χ0) is 25.3. The number of anilines is 1. The predicted octanol–water partition coefficient (Wildman–Crippen LogP) is 3.51. The van der Waals surface area contributed by atoms with Crippen LogP contribution in [0, 0.1) is 5.82 Å². The maximum atomic E-state index is 13.9. The second kappa shape index (κ2) is 9.30. The van der Waals surface area contributed by atoms with Gasteiger partial charge in [0.15, 0.2) is 0 Å². The van der Waals surface area contributed by atoms with Crippen LogP contribution in [-0.4, -0.2) is 31.3 Å². The van der Waals surface area contributed by atoms with Gasteiger partial charge in [0.1, 0.15) is 5.75 Å². The van der Waals surface area contributed by atoms with Crippen LogP contribution in [-0.2, 0) is 15.4 Å². The van der Waals surface area contributed by atoms with Crippen molar-refractivity contribution < 1.29 is 17.5 Å². The van der Waals surface area contributed by atoms with Crippen LogP contribution >= 0.6 is 0 Å². The highest BCUT2D eigenvalue weighted by Crippen LogP contribution is 2.37. The molecule has 2 N–H and O–H groups in total. The number of aromatic nitrogens is 2. The van der Waals surface area contributed by atoms with Crippen molar-refractivity contribution in [3.63, 3.8) is 0 Å². The molecule has 1 heterocycles. The van der Waals surface area contributed by atoms with Crippen molar-refractivity contribution in [2.45, 2.75) is 26.2 Å². The van der Waals surface area contributed by atoms with Gasteiger partial charge in [-0.1, -0.05) is 45.1 Å². The summed E-state index contributed by atoms with van der Waals surface area (Å²) in [5.74, 6) is -0.531. The molecule has 0 radical (unpaired) electrons. The van der Waals surface area contributed by atoms with Crippen LogP contribution in [0.15, 0.2) is 52.2 Å². The minimum absolute atomic E-state index is 0.198. The van der Waals surface area contributed by atoms with Crippen LogP contribution in [0.4, 0.5) is 10.1 Å². The number of methoxy groups -OCH3 is 1. The van der Waals surface area contributed by atoms with Crippen molar-refractivity contribution >= 4 is 27.9 Å². The number of nitrogens with zero attached hydrogens (tertiary/aromatic N) is 1. The number of aromatic amines is 1. The second-order valence-corrected chi connectivity index (χ2v) is 10.5. The van der Waals surface area contributed by atoms with Gasteiger partial charge in [0, 0.05) is 23.0 Å². The Morgan fingerprint density at radius 1 is 1.09 bits per heavy atom. The smallest absolute Gasteiger partial charge is 0.333 e. The highest BCUT2D eigenvalue weighted by molar-refractivity contribution is 7.92. The molecule has 0 aliphatic rings. The Morgan fingerprint density at radius 2 is 1.74 bits per heavy atom. The minimum Gasteiger partial charge on any atom is -0.496 e. The van der Waals surface area contributed by atoms with E-state index in [4.69, 9.17) is 4.74 Å². The first kappa shape index (κ1) is 25.0. The standard InChI is InChI=1S/C24H26FN3O5S/c1-24(2,3)19-13-18(28-22(29)20(25)14-26-23(28)30)12-16(21(19)33-4)9-6-15-7-10-17(11-8-15)27-34(5,31)32/h6-14,27H,1-5H3,(H,26,30)/b9-6+. The Kier molecular flexibility index (Phi) is 6.83. The van der Waals surface area contributed by atoms with Crippen molar-refractivity contribution in [1.82, 2.24) is 9.55 Å². The zero-order valence-corrected chi connectivity index (χ0v) is 20.3. The molecule has 1 aromatic heterocycles. The van der Waals surface area contributed by atoms with Gasteiger partial charge in [-0.2, -0.15) is 4.39 Å². The van der Waals surface area contributed by atoms with Crippen molar-refractivity contribution in [3.8, 4) is 11.4 Å². The number of halogens is 1. The number of hydrogen-bond donors (Lipinski definition) is 2. The summed E-state index contributed by atoms with van der Waals surface area (Å²) in [6, 6.07) is 9.92. The fourth-order valence-corrected chi connectivity index (χ4v) is 3.98. The molecule has 3 aromatic rings. The monoisotopic (exact) mass is 487 g/mol. The minimum atomic E-state index is -3.38. The Balaban J connectivity index is 2.15. The van der Waals surface area contributed by atoms with Crippen LogP contribution < -0.4 is 20.7 Å². The molecule has 34 heavy (non-hydrogen) atoms. The van der Waals surface area contributed by atoms with E-state index in [-0.39, 0.29) is 5.69 Å². The highest BCUT2D eigenvalue weighted by atomic mass is 32.2.